The maximum absolute atomic E-state index is 10.0. The molecule has 2 N–H and O–H groups in total. The Kier molecular flexibility index (Phi) is 1.70. The first-order valence-electron chi connectivity index (χ1n) is 1.63. The first kappa shape index (κ1) is 5.79. The van der Waals surface area contributed by atoms with Crippen LogP contribution >= 0.6 is 0 Å². The van der Waals surface area contributed by atoms with Crippen molar-refractivity contribution in [2.75, 3.05) is 0 Å². The van der Waals surface area contributed by atoms with Crippen molar-refractivity contribution in [1.82, 2.24) is 0 Å². The summed E-state index contributed by atoms with van der Waals surface area (Å²) in [5, 5.41) is 10.0. The molecule has 0 amide bonds. The van der Waals surface area contributed by atoms with Crippen LogP contribution in [0.4, 0.5) is 0 Å². The standard InChI is InChI=1S/C4H6N2O/c1-3-6(7)4(2)5/h1-2,5H2. The zero-order valence-electron chi connectivity index (χ0n) is 3.85. The van der Waals surface area contributed by atoms with Crippen molar-refractivity contribution in [2.24, 2.45) is 5.73 Å². The van der Waals surface area contributed by atoms with Crippen LogP contribution in [0.5, 0.6) is 0 Å². The topological polar surface area (TPSA) is 52.1 Å². The summed E-state index contributed by atoms with van der Waals surface area (Å²) in [6.45, 7) is 6.14. The lowest BCUT2D eigenvalue weighted by atomic mass is 10.8. The van der Waals surface area contributed by atoms with Gasteiger partial charge in [0.05, 0.1) is 5.87 Å². The minimum atomic E-state index is -0.102. The molecule has 0 aromatic carbocycles. The molecule has 0 aliphatic rings. The van der Waals surface area contributed by atoms with Crippen LogP contribution in [0, 0.1) is 5.21 Å². The minimum absolute atomic E-state index is 0.102. The summed E-state index contributed by atoms with van der Waals surface area (Å²) >= 11 is 0. The zero-order chi connectivity index (χ0) is 5.86. The highest BCUT2D eigenvalue weighted by Gasteiger charge is 1.82. The van der Waals surface area contributed by atoms with Crippen LogP contribution in [0.15, 0.2) is 19.0 Å². The molecule has 0 radical (unpaired) electrons. The van der Waals surface area contributed by atoms with Gasteiger partial charge in [-0.25, -0.2) is 0 Å². The predicted molar refractivity (Wildman–Crippen MR) is 27.6 cm³/mol. The molecule has 0 heterocycles. The normalized spacial score (nSPS) is 6.86. The Hall–Kier alpha value is -1.21. The monoisotopic (exact) mass is 98.0 g/mol. The fraction of sp³-hybridized carbons (Fsp3) is 0. The molecule has 0 bridgehead atoms. The lowest BCUT2D eigenvalue weighted by molar-refractivity contribution is -0.394. The molecule has 0 unspecified atom stereocenters. The lowest BCUT2D eigenvalue weighted by Gasteiger charge is -1.97. The van der Waals surface area contributed by atoms with Crippen molar-refractivity contribution >= 4 is 5.87 Å². The highest BCUT2D eigenvalue weighted by molar-refractivity contribution is 5.40. The molecule has 3 heteroatoms. The lowest BCUT2D eigenvalue weighted by Crippen LogP contribution is -2.07. The van der Waals surface area contributed by atoms with E-state index in [1.165, 1.54) is 0 Å². The highest BCUT2D eigenvalue weighted by Crippen LogP contribution is 1.71. The van der Waals surface area contributed by atoms with Gasteiger partial charge in [-0.3, -0.25) is 5.73 Å². The number of rotatable bonds is 1. The van der Waals surface area contributed by atoms with E-state index < -0.39 is 0 Å². The summed E-state index contributed by atoms with van der Waals surface area (Å²) in [6.07, 6.45) is 0. The molecule has 0 spiro atoms. The number of nitrogens with zero attached hydrogens (tertiary/aromatic N) is 1. The number of hydrogen-bond donors (Lipinski definition) is 1. The molecule has 0 rings (SSSR count). The SMILES string of the molecule is C=C=[N+]([O-])C(=C)N. The molecule has 0 aliphatic carbocycles. The first-order chi connectivity index (χ1) is 3.18. The fourth-order valence-electron chi connectivity index (χ4n) is 0.102. The molecule has 0 aliphatic heterocycles. The van der Waals surface area contributed by atoms with Crippen molar-refractivity contribution < 1.29 is 4.74 Å². The van der Waals surface area contributed by atoms with Crippen LogP contribution in [0.3, 0.4) is 0 Å². The quantitative estimate of drug-likeness (QED) is 0.213. The van der Waals surface area contributed by atoms with Crippen LogP contribution in [0.25, 0.3) is 0 Å². The van der Waals surface area contributed by atoms with Crippen LogP contribution in [0.1, 0.15) is 0 Å². The number of nitrogens with two attached hydrogens (primary N) is 1. The third-order valence-corrected chi connectivity index (χ3v) is 0.404. The van der Waals surface area contributed by atoms with Gasteiger partial charge in [-0.05, 0) is 13.2 Å². The molecule has 0 saturated carbocycles. The Morgan fingerprint density at radius 1 is 1.86 bits per heavy atom. The van der Waals surface area contributed by atoms with Gasteiger partial charge in [0.25, 0.3) is 5.82 Å². The molecular weight excluding hydrogens is 92.1 g/mol. The molecule has 7 heavy (non-hydrogen) atoms. The van der Waals surface area contributed by atoms with Crippen molar-refractivity contribution in [3.8, 4) is 0 Å². The van der Waals surface area contributed by atoms with Crippen LogP contribution in [-0.4, -0.2) is 10.6 Å². The van der Waals surface area contributed by atoms with Crippen molar-refractivity contribution in [2.45, 2.75) is 0 Å². The van der Waals surface area contributed by atoms with Gasteiger partial charge < -0.3 is 5.21 Å². The van der Waals surface area contributed by atoms with E-state index in [2.05, 4.69) is 13.2 Å². The largest absolute Gasteiger partial charge is 0.703 e. The second-order valence-corrected chi connectivity index (χ2v) is 0.944. The molecule has 38 valence electrons. The summed E-state index contributed by atoms with van der Waals surface area (Å²) in [4.78, 5) is 0. The van der Waals surface area contributed by atoms with Crippen molar-refractivity contribution in [3.63, 3.8) is 0 Å². The first-order valence-corrected chi connectivity index (χ1v) is 1.63. The Labute approximate surface area is 41.6 Å². The van der Waals surface area contributed by atoms with E-state index in [1.807, 2.05) is 5.87 Å². The molecule has 0 aromatic rings. The second-order valence-electron chi connectivity index (χ2n) is 0.944. The van der Waals surface area contributed by atoms with Gasteiger partial charge in [-0.15, -0.1) is 0 Å². The van der Waals surface area contributed by atoms with E-state index in [4.69, 9.17) is 5.73 Å². The smallest absolute Gasteiger partial charge is 0.276 e. The Balaban J connectivity index is 4.10. The maximum atomic E-state index is 10.0. The third-order valence-electron chi connectivity index (χ3n) is 0.404. The summed E-state index contributed by atoms with van der Waals surface area (Å²) in [7, 11) is 0. The van der Waals surface area contributed by atoms with Gasteiger partial charge in [0, 0.05) is 0 Å². The Morgan fingerprint density at radius 2 is 2.29 bits per heavy atom. The number of hydrogen-bond acceptors (Lipinski definition) is 2. The maximum Gasteiger partial charge on any atom is 0.276 e. The van der Waals surface area contributed by atoms with E-state index in [0.29, 0.717) is 0 Å². The van der Waals surface area contributed by atoms with Gasteiger partial charge in [-0.1, -0.05) is 0 Å². The summed E-state index contributed by atoms with van der Waals surface area (Å²) in [6, 6.07) is 0. The predicted octanol–water partition coefficient (Wildman–Crippen LogP) is -0.218. The minimum Gasteiger partial charge on any atom is -0.703 e. The van der Waals surface area contributed by atoms with Crippen molar-refractivity contribution in [1.29, 1.82) is 0 Å². The zero-order valence-corrected chi connectivity index (χ0v) is 3.85. The summed E-state index contributed by atoms with van der Waals surface area (Å²) < 4.78 is 0.264. The van der Waals surface area contributed by atoms with Crippen LogP contribution in [-0.2, 0) is 0 Å². The van der Waals surface area contributed by atoms with E-state index in [9.17, 15) is 5.21 Å². The van der Waals surface area contributed by atoms with Crippen molar-refractivity contribution in [3.05, 3.63) is 24.2 Å². The Bertz CT molecular complexity index is 133. The summed E-state index contributed by atoms with van der Waals surface area (Å²) in [5.41, 5.74) is 4.86. The van der Waals surface area contributed by atoms with Crippen LogP contribution < -0.4 is 5.73 Å². The van der Waals surface area contributed by atoms with Crippen LogP contribution in [0.2, 0.25) is 0 Å². The average Bonchev–Trinajstić information content (AvgIpc) is 1.65. The molecule has 0 atom stereocenters. The fourth-order valence-corrected chi connectivity index (χ4v) is 0.102. The van der Waals surface area contributed by atoms with Gasteiger partial charge in [0.15, 0.2) is 0 Å². The molecule has 0 saturated heterocycles. The molecule has 0 fully saturated rings. The summed E-state index contributed by atoms with van der Waals surface area (Å²) in [5.74, 6) is 1.87. The van der Waals surface area contributed by atoms with E-state index in [-0.39, 0.29) is 10.6 Å². The van der Waals surface area contributed by atoms with E-state index >= 15 is 0 Å². The van der Waals surface area contributed by atoms with E-state index in [0.717, 1.165) is 0 Å². The Morgan fingerprint density at radius 3 is 2.29 bits per heavy atom. The van der Waals surface area contributed by atoms with Gasteiger partial charge in [0.1, 0.15) is 0 Å². The third kappa shape index (κ3) is 1.63. The van der Waals surface area contributed by atoms with Gasteiger partial charge >= 0.3 is 0 Å². The van der Waals surface area contributed by atoms with Gasteiger partial charge in [0.2, 0.25) is 0 Å². The van der Waals surface area contributed by atoms with Gasteiger partial charge in [-0.2, -0.15) is 4.74 Å². The highest BCUT2D eigenvalue weighted by atomic mass is 16.5. The molecule has 3 nitrogen and oxygen atoms in total. The van der Waals surface area contributed by atoms with E-state index in [1.54, 1.807) is 0 Å². The second kappa shape index (κ2) is 2.05. The molecular formula is C4H6N2O. The average molecular weight is 98.1 g/mol. The molecule has 0 aromatic heterocycles. The number of hydroxylamine groups is 1.